The van der Waals surface area contributed by atoms with Crippen LogP contribution in [0.25, 0.3) is 0 Å². The van der Waals surface area contributed by atoms with Crippen molar-refractivity contribution in [3.8, 4) is 0 Å². The number of aliphatic carboxylic acids is 1. The highest BCUT2D eigenvalue weighted by Crippen LogP contribution is 2.20. The molecule has 0 unspecified atom stereocenters. The summed E-state index contributed by atoms with van der Waals surface area (Å²) in [6, 6.07) is 6.27. The van der Waals surface area contributed by atoms with Gasteiger partial charge >= 0.3 is 12.0 Å². The van der Waals surface area contributed by atoms with Crippen LogP contribution >= 0.6 is 0 Å². The van der Waals surface area contributed by atoms with Crippen molar-refractivity contribution in [2.24, 2.45) is 0 Å². The molecule has 26 heavy (non-hydrogen) atoms. The third-order valence-corrected chi connectivity index (χ3v) is 3.41. The molecule has 1 aromatic heterocycles. The van der Waals surface area contributed by atoms with Crippen LogP contribution in [0.2, 0.25) is 0 Å². The van der Waals surface area contributed by atoms with Crippen molar-refractivity contribution in [1.29, 1.82) is 0 Å². The number of nitrogens with one attached hydrogen (secondary N) is 3. The van der Waals surface area contributed by atoms with Gasteiger partial charge in [-0.15, -0.1) is 0 Å². The Morgan fingerprint density at radius 3 is 2.19 bits per heavy atom. The Bertz CT molecular complexity index is 809. The number of anilines is 2. The summed E-state index contributed by atoms with van der Waals surface area (Å²) in [4.78, 5) is 35.0. The molecule has 2 aromatic rings. The Kier molecular flexibility index (Phi) is 6.00. The smallest absolute Gasteiger partial charge is 0.319 e. The van der Waals surface area contributed by atoms with Crippen molar-refractivity contribution >= 4 is 29.3 Å². The first-order chi connectivity index (χ1) is 12.3. The van der Waals surface area contributed by atoms with E-state index >= 15 is 0 Å². The molecular weight excluding hydrogens is 338 g/mol. The Labute approximate surface area is 150 Å². The summed E-state index contributed by atoms with van der Waals surface area (Å²) < 4.78 is 5.16. The molecule has 138 valence electrons. The lowest BCUT2D eigenvalue weighted by atomic mass is 10.1. The van der Waals surface area contributed by atoms with Gasteiger partial charge in [-0.3, -0.25) is 9.59 Å². The minimum Gasteiger partial charge on any atom is -0.481 e. The minimum absolute atomic E-state index is 0.0201. The van der Waals surface area contributed by atoms with Crippen LogP contribution in [0.3, 0.4) is 0 Å². The predicted octanol–water partition coefficient (Wildman–Crippen LogP) is 3.00. The van der Waals surface area contributed by atoms with E-state index in [2.05, 4.69) is 16.0 Å². The fourth-order valence-corrected chi connectivity index (χ4v) is 2.33. The molecule has 0 aliphatic carbocycles. The number of carbonyl (C=O) groups is 3. The maximum absolute atomic E-state index is 12.4. The van der Waals surface area contributed by atoms with Crippen molar-refractivity contribution in [2.75, 3.05) is 10.6 Å². The SMILES string of the molecule is Cc1coc(CC(=O)O)c1C(=O)Nc1ccc(NC(=O)NC(C)C)cc1. The number of amides is 3. The number of aryl methyl sites for hydroxylation is 1. The average Bonchev–Trinajstić information content (AvgIpc) is 2.88. The molecule has 2 rings (SSSR count). The highest BCUT2D eigenvalue weighted by molar-refractivity contribution is 6.06. The van der Waals surface area contributed by atoms with E-state index in [1.54, 1.807) is 31.2 Å². The van der Waals surface area contributed by atoms with Crippen LogP contribution in [0, 0.1) is 6.92 Å². The molecule has 1 heterocycles. The van der Waals surface area contributed by atoms with E-state index in [1.807, 2.05) is 13.8 Å². The standard InChI is InChI=1S/C18H21N3O5/c1-10(2)19-18(25)21-13-6-4-12(5-7-13)20-17(24)16-11(3)9-26-14(16)8-15(22)23/h4-7,9-10H,8H2,1-3H3,(H,20,24)(H,22,23)(H2,19,21,25). The third-order valence-electron chi connectivity index (χ3n) is 3.41. The number of rotatable bonds is 6. The van der Waals surface area contributed by atoms with Gasteiger partial charge in [-0.25, -0.2) is 4.79 Å². The Morgan fingerprint density at radius 2 is 1.65 bits per heavy atom. The van der Waals surface area contributed by atoms with Gasteiger partial charge in [0, 0.05) is 23.0 Å². The molecule has 8 nitrogen and oxygen atoms in total. The lowest BCUT2D eigenvalue weighted by Gasteiger charge is -2.11. The summed E-state index contributed by atoms with van der Waals surface area (Å²) in [6.45, 7) is 5.38. The zero-order valence-electron chi connectivity index (χ0n) is 14.8. The quantitative estimate of drug-likeness (QED) is 0.632. The molecular formula is C18H21N3O5. The van der Waals surface area contributed by atoms with Crippen molar-refractivity contribution in [3.05, 3.63) is 47.4 Å². The summed E-state index contributed by atoms with van der Waals surface area (Å²) >= 11 is 0. The number of hydrogen-bond donors (Lipinski definition) is 4. The minimum atomic E-state index is -1.08. The van der Waals surface area contributed by atoms with Gasteiger partial charge < -0.3 is 25.5 Å². The van der Waals surface area contributed by atoms with E-state index < -0.39 is 11.9 Å². The van der Waals surface area contributed by atoms with Gasteiger partial charge in [0.15, 0.2) is 0 Å². The molecule has 1 aromatic carbocycles. The summed E-state index contributed by atoms with van der Waals surface area (Å²) in [6.07, 6.45) is 0.984. The van der Waals surface area contributed by atoms with Crippen LogP contribution in [0.4, 0.5) is 16.2 Å². The van der Waals surface area contributed by atoms with E-state index in [-0.39, 0.29) is 29.8 Å². The van der Waals surface area contributed by atoms with Gasteiger partial charge in [-0.2, -0.15) is 0 Å². The van der Waals surface area contributed by atoms with Crippen molar-refractivity contribution in [3.63, 3.8) is 0 Å². The van der Waals surface area contributed by atoms with E-state index in [9.17, 15) is 14.4 Å². The lowest BCUT2D eigenvalue weighted by Crippen LogP contribution is -2.34. The second-order valence-corrected chi connectivity index (χ2v) is 6.07. The second-order valence-electron chi connectivity index (χ2n) is 6.07. The molecule has 3 amide bonds. The number of hydrogen-bond acceptors (Lipinski definition) is 4. The highest BCUT2D eigenvalue weighted by Gasteiger charge is 2.20. The maximum Gasteiger partial charge on any atom is 0.319 e. The summed E-state index contributed by atoms with van der Waals surface area (Å²) in [5, 5.41) is 17.0. The number of carboxylic acids is 1. The van der Waals surface area contributed by atoms with E-state index in [1.165, 1.54) is 6.26 Å². The first kappa shape index (κ1) is 19.0. The van der Waals surface area contributed by atoms with Gasteiger partial charge in [-0.1, -0.05) is 0 Å². The monoisotopic (exact) mass is 359 g/mol. The molecule has 0 aliphatic heterocycles. The van der Waals surface area contributed by atoms with Gasteiger partial charge in [0.05, 0.1) is 11.8 Å². The number of furan rings is 1. The number of carbonyl (C=O) groups excluding carboxylic acids is 2. The Morgan fingerprint density at radius 1 is 1.08 bits per heavy atom. The maximum atomic E-state index is 12.4. The van der Waals surface area contributed by atoms with Crippen LogP contribution in [0.15, 0.2) is 34.9 Å². The largest absolute Gasteiger partial charge is 0.481 e. The van der Waals surface area contributed by atoms with E-state index in [0.29, 0.717) is 16.9 Å². The first-order valence-corrected chi connectivity index (χ1v) is 8.04. The first-order valence-electron chi connectivity index (χ1n) is 8.04. The van der Waals surface area contributed by atoms with E-state index in [4.69, 9.17) is 9.52 Å². The summed E-state index contributed by atoms with van der Waals surface area (Å²) in [5.74, 6) is -1.43. The Balaban J connectivity index is 2.05. The van der Waals surface area contributed by atoms with Crippen molar-refractivity contribution in [1.82, 2.24) is 5.32 Å². The molecule has 8 heteroatoms. The third kappa shape index (κ3) is 5.10. The fraction of sp³-hybridized carbons (Fsp3) is 0.278. The average molecular weight is 359 g/mol. The van der Waals surface area contributed by atoms with Gasteiger partial charge in [0.25, 0.3) is 5.91 Å². The number of carboxylic acid groups (broad SMARTS) is 1. The molecule has 0 fully saturated rings. The van der Waals surface area contributed by atoms with Crippen molar-refractivity contribution in [2.45, 2.75) is 33.2 Å². The second kappa shape index (κ2) is 8.19. The molecule has 4 N–H and O–H groups in total. The van der Waals surface area contributed by atoms with Gasteiger partial charge in [0.2, 0.25) is 0 Å². The van der Waals surface area contributed by atoms with Crippen molar-refractivity contribution < 1.29 is 23.9 Å². The molecule has 0 bridgehead atoms. The number of urea groups is 1. The normalized spacial score (nSPS) is 10.5. The van der Waals surface area contributed by atoms with Crippen LogP contribution < -0.4 is 16.0 Å². The highest BCUT2D eigenvalue weighted by atomic mass is 16.4. The molecule has 0 radical (unpaired) electrons. The van der Waals surface area contributed by atoms with Crippen LogP contribution in [-0.4, -0.2) is 29.1 Å². The summed E-state index contributed by atoms with van der Waals surface area (Å²) in [7, 11) is 0. The molecule has 0 saturated heterocycles. The topological polar surface area (TPSA) is 121 Å². The lowest BCUT2D eigenvalue weighted by molar-refractivity contribution is -0.136. The van der Waals surface area contributed by atoms with Crippen LogP contribution in [0.1, 0.15) is 35.5 Å². The molecule has 0 aliphatic rings. The predicted molar refractivity (Wildman–Crippen MR) is 96.5 cm³/mol. The van der Waals surface area contributed by atoms with Crippen LogP contribution in [0.5, 0.6) is 0 Å². The van der Waals surface area contributed by atoms with Gasteiger partial charge in [-0.05, 0) is 45.0 Å². The summed E-state index contributed by atoms with van der Waals surface area (Å²) in [5.41, 5.74) is 1.85. The molecule has 0 spiro atoms. The Hall–Kier alpha value is -3.29. The number of benzene rings is 1. The zero-order chi connectivity index (χ0) is 19.3. The van der Waals surface area contributed by atoms with E-state index in [0.717, 1.165) is 0 Å². The molecule has 0 atom stereocenters. The molecule has 0 saturated carbocycles. The zero-order valence-corrected chi connectivity index (χ0v) is 14.8. The fourth-order valence-electron chi connectivity index (χ4n) is 2.33. The van der Waals surface area contributed by atoms with Gasteiger partial charge in [0.1, 0.15) is 12.2 Å². The van der Waals surface area contributed by atoms with Crippen LogP contribution in [-0.2, 0) is 11.2 Å².